The number of amides is 1. The van der Waals surface area contributed by atoms with Crippen LogP contribution in [-0.2, 0) is 19.4 Å². The molecule has 0 saturated heterocycles. The highest BCUT2D eigenvalue weighted by Gasteiger charge is 2.51. The second-order valence-corrected chi connectivity index (χ2v) is 7.52. The van der Waals surface area contributed by atoms with E-state index in [1.54, 1.807) is 0 Å². The molecule has 0 spiro atoms. The highest BCUT2D eigenvalue weighted by atomic mass is 32.2. The normalized spacial score (nSPS) is 18.2. The number of aliphatic carboxylic acids is 1. The molecule has 0 aromatic carbocycles. The SMILES string of the molecule is CN(CCCC(=O)O)C(=O)C1(S(C)(=O)=O)CCCC1. The Hall–Kier alpha value is -1.11. The van der Waals surface area contributed by atoms with Crippen molar-refractivity contribution >= 4 is 21.7 Å². The van der Waals surface area contributed by atoms with Gasteiger partial charge in [0.05, 0.1) is 0 Å². The third kappa shape index (κ3) is 3.46. The van der Waals surface area contributed by atoms with Crippen LogP contribution in [0.2, 0.25) is 0 Å². The van der Waals surface area contributed by atoms with Gasteiger partial charge in [-0.1, -0.05) is 12.8 Å². The number of nitrogens with zero attached hydrogens (tertiary/aromatic N) is 1. The predicted molar refractivity (Wildman–Crippen MR) is 70.5 cm³/mol. The van der Waals surface area contributed by atoms with Gasteiger partial charge in [0, 0.05) is 26.3 Å². The zero-order chi connectivity index (χ0) is 14.7. The van der Waals surface area contributed by atoms with Crippen LogP contribution in [-0.4, -0.2) is 54.9 Å². The minimum absolute atomic E-state index is 0.0243. The van der Waals surface area contributed by atoms with E-state index in [1.165, 1.54) is 11.9 Å². The van der Waals surface area contributed by atoms with E-state index in [1.807, 2.05) is 0 Å². The van der Waals surface area contributed by atoms with Crippen molar-refractivity contribution in [3.05, 3.63) is 0 Å². The second-order valence-electron chi connectivity index (χ2n) is 5.20. The molecule has 110 valence electrons. The molecule has 0 aromatic rings. The first-order valence-electron chi connectivity index (χ1n) is 6.38. The van der Waals surface area contributed by atoms with Gasteiger partial charge in [-0.15, -0.1) is 0 Å². The number of hydrogen-bond acceptors (Lipinski definition) is 4. The van der Waals surface area contributed by atoms with Crippen LogP contribution in [0.5, 0.6) is 0 Å². The monoisotopic (exact) mass is 291 g/mol. The molecule has 0 heterocycles. The molecular formula is C12H21NO5S. The van der Waals surface area contributed by atoms with Crippen LogP contribution in [0.15, 0.2) is 0 Å². The lowest BCUT2D eigenvalue weighted by Gasteiger charge is -2.30. The Labute approximate surface area is 113 Å². The predicted octanol–water partition coefficient (Wildman–Crippen LogP) is 0.667. The van der Waals surface area contributed by atoms with Crippen molar-refractivity contribution in [2.75, 3.05) is 19.8 Å². The molecule has 6 nitrogen and oxygen atoms in total. The molecule has 1 N–H and O–H groups in total. The molecule has 1 aliphatic carbocycles. The molecular weight excluding hydrogens is 270 g/mol. The van der Waals surface area contributed by atoms with Crippen LogP contribution in [0.25, 0.3) is 0 Å². The molecule has 0 unspecified atom stereocenters. The third-order valence-corrected chi connectivity index (χ3v) is 5.74. The maximum atomic E-state index is 12.4. The summed E-state index contributed by atoms with van der Waals surface area (Å²) in [4.78, 5) is 24.2. The van der Waals surface area contributed by atoms with E-state index in [4.69, 9.17) is 5.11 Å². The quantitative estimate of drug-likeness (QED) is 0.776. The van der Waals surface area contributed by atoms with Gasteiger partial charge in [0.1, 0.15) is 0 Å². The molecule has 0 radical (unpaired) electrons. The first-order valence-corrected chi connectivity index (χ1v) is 8.27. The summed E-state index contributed by atoms with van der Waals surface area (Å²) in [5, 5.41) is 8.56. The molecule has 1 saturated carbocycles. The number of carbonyl (C=O) groups is 2. The van der Waals surface area contributed by atoms with Crippen molar-refractivity contribution in [3.63, 3.8) is 0 Å². The smallest absolute Gasteiger partial charge is 0.303 e. The van der Waals surface area contributed by atoms with Crippen molar-refractivity contribution in [2.45, 2.75) is 43.3 Å². The number of carboxylic acids is 1. The number of sulfone groups is 1. The number of carboxylic acid groups (broad SMARTS) is 1. The van der Waals surface area contributed by atoms with Gasteiger partial charge in [-0.05, 0) is 19.3 Å². The molecule has 19 heavy (non-hydrogen) atoms. The van der Waals surface area contributed by atoms with Gasteiger partial charge in [0.2, 0.25) is 5.91 Å². The van der Waals surface area contributed by atoms with E-state index in [-0.39, 0.29) is 13.0 Å². The van der Waals surface area contributed by atoms with E-state index >= 15 is 0 Å². The average molecular weight is 291 g/mol. The number of hydrogen-bond donors (Lipinski definition) is 1. The van der Waals surface area contributed by atoms with Crippen molar-refractivity contribution in [1.82, 2.24) is 4.90 Å². The minimum Gasteiger partial charge on any atom is -0.481 e. The summed E-state index contributed by atoms with van der Waals surface area (Å²) in [6, 6.07) is 0. The summed E-state index contributed by atoms with van der Waals surface area (Å²) in [6.45, 7) is 0.266. The molecule has 1 rings (SSSR count). The van der Waals surface area contributed by atoms with E-state index in [2.05, 4.69) is 0 Å². The molecule has 1 amide bonds. The van der Waals surface area contributed by atoms with E-state index < -0.39 is 26.5 Å². The van der Waals surface area contributed by atoms with Gasteiger partial charge in [0.15, 0.2) is 14.6 Å². The zero-order valence-corrected chi connectivity index (χ0v) is 12.2. The summed E-state index contributed by atoms with van der Waals surface area (Å²) < 4.78 is 22.6. The molecule has 0 bridgehead atoms. The van der Waals surface area contributed by atoms with Crippen LogP contribution < -0.4 is 0 Å². The molecule has 7 heteroatoms. The maximum Gasteiger partial charge on any atom is 0.303 e. The van der Waals surface area contributed by atoms with Gasteiger partial charge in [-0.3, -0.25) is 9.59 Å². The lowest BCUT2D eigenvalue weighted by Crippen LogP contribution is -2.51. The van der Waals surface area contributed by atoms with Crippen LogP contribution in [0.1, 0.15) is 38.5 Å². The Kier molecular flexibility index (Phi) is 4.95. The molecule has 0 aromatic heterocycles. The second kappa shape index (κ2) is 5.90. The lowest BCUT2D eigenvalue weighted by atomic mass is 10.1. The molecule has 1 aliphatic rings. The van der Waals surface area contributed by atoms with Gasteiger partial charge in [-0.25, -0.2) is 8.42 Å². The number of carbonyl (C=O) groups excluding carboxylic acids is 1. The fourth-order valence-electron chi connectivity index (χ4n) is 2.61. The molecule has 0 aliphatic heterocycles. The van der Waals surface area contributed by atoms with E-state index in [0.717, 1.165) is 19.1 Å². The standard InChI is InChI=1S/C12H21NO5S/c1-13(9-5-6-10(14)15)11(16)12(19(2,17)18)7-3-4-8-12/h3-9H2,1-2H3,(H,14,15). The Bertz CT molecular complexity index is 451. The van der Waals surface area contributed by atoms with Crippen molar-refractivity contribution < 1.29 is 23.1 Å². The first-order chi connectivity index (χ1) is 8.71. The van der Waals surface area contributed by atoms with Crippen molar-refractivity contribution in [1.29, 1.82) is 0 Å². The Morgan fingerprint density at radius 2 is 1.79 bits per heavy atom. The van der Waals surface area contributed by atoms with Crippen molar-refractivity contribution in [3.8, 4) is 0 Å². The van der Waals surface area contributed by atoms with Crippen LogP contribution in [0, 0.1) is 0 Å². The Balaban J connectivity index is 2.76. The third-order valence-electron chi connectivity index (χ3n) is 3.74. The summed E-state index contributed by atoms with van der Waals surface area (Å²) in [7, 11) is -1.92. The fraction of sp³-hybridized carbons (Fsp3) is 0.833. The topological polar surface area (TPSA) is 91.8 Å². The highest BCUT2D eigenvalue weighted by Crippen LogP contribution is 2.37. The van der Waals surface area contributed by atoms with E-state index in [0.29, 0.717) is 19.3 Å². The average Bonchev–Trinajstić information content (AvgIpc) is 2.76. The van der Waals surface area contributed by atoms with Crippen LogP contribution in [0.4, 0.5) is 0 Å². The summed E-state index contributed by atoms with van der Waals surface area (Å²) >= 11 is 0. The highest BCUT2D eigenvalue weighted by molar-refractivity contribution is 7.92. The Morgan fingerprint density at radius 3 is 2.21 bits per heavy atom. The largest absolute Gasteiger partial charge is 0.481 e. The van der Waals surface area contributed by atoms with E-state index in [9.17, 15) is 18.0 Å². The molecule has 0 atom stereocenters. The fourth-order valence-corrected chi connectivity index (χ4v) is 4.11. The van der Waals surface area contributed by atoms with Crippen LogP contribution >= 0.6 is 0 Å². The minimum atomic E-state index is -3.46. The van der Waals surface area contributed by atoms with Crippen molar-refractivity contribution in [2.24, 2.45) is 0 Å². The summed E-state index contributed by atoms with van der Waals surface area (Å²) in [5.74, 6) is -1.31. The van der Waals surface area contributed by atoms with Gasteiger partial charge >= 0.3 is 5.97 Å². The van der Waals surface area contributed by atoms with Gasteiger partial charge in [0.25, 0.3) is 0 Å². The van der Waals surface area contributed by atoms with Gasteiger partial charge in [-0.2, -0.15) is 0 Å². The molecule has 1 fully saturated rings. The summed E-state index contributed by atoms with van der Waals surface area (Å²) in [6.07, 6.45) is 3.63. The van der Waals surface area contributed by atoms with Gasteiger partial charge < -0.3 is 10.0 Å². The maximum absolute atomic E-state index is 12.4. The summed E-state index contributed by atoms with van der Waals surface area (Å²) in [5.41, 5.74) is 0. The first kappa shape index (κ1) is 15.9. The zero-order valence-electron chi connectivity index (χ0n) is 11.4. The Morgan fingerprint density at radius 1 is 1.26 bits per heavy atom. The number of rotatable bonds is 6. The lowest BCUT2D eigenvalue weighted by molar-refractivity contribution is -0.138. The van der Waals surface area contributed by atoms with Crippen LogP contribution in [0.3, 0.4) is 0 Å².